The summed E-state index contributed by atoms with van der Waals surface area (Å²) in [5.41, 5.74) is 1.26. The molecule has 1 N–H and O–H groups in total. The van der Waals surface area contributed by atoms with Crippen LogP contribution >= 0.6 is 0 Å². The Morgan fingerprint density at radius 3 is 2.60 bits per heavy atom. The van der Waals surface area contributed by atoms with Gasteiger partial charge in [0.25, 0.3) is 0 Å². The second-order valence-corrected chi connectivity index (χ2v) is 5.26. The van der Waals surface area contributed by atoms with E-state index < -0.39 is 0 Å². The predicted molar refractivity (Wildman–Crippen MR) is 78.3 cm³/mol. The monoisotopic (exact) mass is 274 g/mol. The van der Waals surface area contributed by atoms with Crippen molar-refractivity contribution in [2.45, 2.75) is 27.0 Å². The number of nitrogens with one attached hydrogen (secondary N) is 1. The van der Waals surface area contributed by atoms with E-state index in [1.807, 2.05) is 19.2 Å². The van der Waals surface area contributed by atoms with Gasteiger partial charge in [0, 0.05) is 13.6 Å². The molecule has 2 rings (SSSR count). The maximum Gasteiger partial charge on any atom is 0.164 e. The van der Waals surface area contributed by atoms with E-state index in [1.54, 1.807) is 4.68 Å². The van der Waals surface area contributed by atoms with Crippen LogP contribution in [0, 0.1) is 5.92 Å². The van der Waals surface area contributed by atoms with Crippen LogP contribution in [0.3, 0.4) is 0 Å². The van der Waals surface area contributed by atoms with Crippen molar-refractivity contribution < 1.29 is 4.74 Å². The lowest BCUT2D eigenvalue weighted by Gasteiger charge is -2.09. The molecule has 5 nitrogen and oxygen atoms in total. The van der Waals surface area contributed by atoms with E-state index in [0.717, 1.165) is 24.7 Å². The van der Waals surface area contributed by atoms with E-state index in [1.165, 1.54) is 11.9 Å². The van der Waals surface area contributed by atoms with Gasteiger partial charge in [-0.25, -0.2) is 4.98 Å². The molecule has 0 fully saturated rings. The van der Waals surface area contributed by atoms with Crippen LogP contribution in [0.15, 0.2) is 30.6 Å². The molecule has 2 aromatic rings. The minimum atomic E-state index is 0.432. The smallest absolute Gasteiger partial charge is 0.164 e. The Balaban J connectivity index is 1.81. The Morgan fingerprint density at radius 2 is 2.00 bits per heavy atom. The molecule has 0 amide bonds. The second-order valence-electron chi connectivity index (χ2n) is 5.26. The van der Waals surface area contributed by atoms with Gasteiger partial charge in [0.1, 0.15) is 18.7 Å². The highest BCUT2D eigenvalue weighted by Crippen LogP contribution is 2.13. The number of ether oxygens (including phenoxy) is 1. The standard InChI is InChI=1S/C15H22N4O/c1-12(2)8-16-9-13-4-6-14(7-5-13)20-10-15-17-11-18-19(15)3/h4-7,11-12,16H,8-10H2,1-3H3. The number of hydrogen-bond donors (Lipinski definition) is 1. The fraction of sp³-hybridized carbons (Fsp3) is 0.467. The molecule has 0 atom stereocenters. The molecule has 0 unspecified atom stereocenters. The highest BCUT2D eigenvalue weighted by molar-refractivity contribution is 5.27. The molecule has 20 heavy (non-hydrogen) atoms. The van der Waals surface area contributed by atoms with Crippen LogP contribution in [0.2, 0.25) is 0 Å². The van der Waals surface area contributed by atoms with Crippen molar-refractivity contribution in [1.29, 1.82) is 0 Å². The summed E-state index contributed by atoms with van der Waals surface area (Å²) in [5.74, 6) is 2.33. The molecule has 0 aliphatic carbocycles. The molecule has 0 spiro atoms. The van der Waals surface area contributed by atoms with Crippen molar-refractivity contribution in [1.82, 2.24) is 20.1 Å². The molecule has 1 aromatic heterocycles. The molecule has 0 aliphatic rings. The fourth-order valence-corrected chi connectivity index (χ4v) is 1.81. The zero-order valence-corrected chi connectivity index (χ0v) is 12.3. The summed E-state index contributed by atoms with van der Waals surface area (Å²) in [6.45, 7) is 6.76. The van der Waals surface area contributed by atoms with E-state index in [4.69, 9.17) is 4.74 Å². The minimum Gasteiger partial charge on any atom is -0.486 e. The van der Waals surface area contributed by atoms with Gasteiger partial charge < -0.3 is 10.1 Å². The average Bonchev–Trinajstić information content (AvgIpc) is 2.83. The summed E-state index contributed by atoms with van der Waals surface area (Å²) in [7, 11) is 1.86. The van der Waals surface area contributed by atoms with Crippen molar-refractivity contribution in [2.75, 3.05) is 6.54 Å². The molecule has 0 bridgehead atoms. The van der Waals surface area contributed by atoms with Crippen molar-refractivity contribution in [3.05, 3.63) is 42.0 Å². The number of rotatable bonds is 7. The normalized spacial score (nSPS) is 11.0. The third-order valence-corrected chi connectivity index (χ3v) is 2.98. The van der Waals surface area contributed by atoms with Crippen LogP contribution in [0.4, 0.5) is 0 Å². The Hall–Kier alpha value is -1.88. The van der Waals surface area contributed by atoms with Crippen LogP contribution in [0.1, 0.15) is 25.2 Å². The number of hydrogen-bond acceptors (Lipinski definition) is 4. The number of nitrogens with zero attached hydrogens (tertiary/aromatic N) is 3. The zero-order valence-electron chi connectivity index (χ0n) is 12.3. The van der Waals surface area contributed by atoms with Gasteiger partial charge in [-0.2, -0.15) is 5.10 Å². The summed E-state index contributed by atoms with van der Waals surface area (Å²) in [5, 5.41) is 7.43. The van der Waals surface area contributed by atoms with Crippen molar-refractivity contribution >= 4 is 0 Å². The van der Waals surface area contributed by atoms with Crippen LogP contribution in [-0.4, -0.2) is 21.3 Å². The van der Waals surface area contributed by atoms with E-state index in [-0.39, 0.29) is 0 Å². The number of benzene rings is 1. The van der Waals surface area contributed by atoms with Gasteiger partial charge in [0.15, 0.2) is 5.82 Å². The predicted octanol–water partition coefficient (Wildman–Crippen LogP) is 2.14. The van der Waals surface area contributed by atoms with Crippen LogP contribution in [-0.2, 0) is 20.2 Å². The number of aromatic nitrogens is 3. The van der Waals surface area contributed by atoms with Gasteiger partial charge in [0.2, 0.25) is 0 Å². The van der Waals surface area contributed by atoms with Gasteiger partial charge in [-0.1, -0.05) is 26.0 Å². The molecular formula is C15H22N4O. The second kappa shape index (κ2) is 7.05. The van der Waals surface area contributed by atoms with Crippen LogP contribution < -0.4 is 10.1 Å². The summed E-state index contributed by atoms with van der Waals surface area (Å²) in [6, 6.07) is 8.14. The lowest BCUT2D eigenvalue weighted by atomic mass is 10.2. The zero-order chi connectivity index (χ0) is 14.4. The first-order chi connectivity index (χ1) is 9.65. The molecular weight excluding hydrogens is 252 g/mol. The molecule has 0 radical (unpaired) electrons. The van der Waals surface area contributed by atoms with Gasteiger partial charge in [-0.05, 0) is 30.2 Å². The largest absolute Gasteiger partial charge is 0.486 e. The number of aryl methyl sites for hydroxylation is 1. The molecule has 0 aliphatic heterocycles. The van der Waals surface area contributed by atoms with Crippen molar-refractivity contribution in [2.24, 2.45) is 13.0 Å². The molecule has 0 saturated carbocycles. The van der Waals surface area contributed by atoms with Crippen molar-refractivity contribution in [3.63, 3.8) is 0 Å². The maximum atomic E-state index is 5.69. The van der Waals surface area contributed by atoms with Gasteiger partial charge >= 0.3 is 0 Å². The lowest BCUT2D eigenvalue weighted by molar-refractivity contribution is 0.289. The quantitative estimate of drug-likeness (QED) is 0.840. The molecule has 1 aromatic carbocycles. The summed E-state index contributed by atoms with van der Waals surface area (Å²) in [6.07, 6.45) is 1.53. The first kappa shape index (κ1) is 14.5. The first-order valence-corrected chi connectivity index (χ1v) is 6.90. The summed E-state index contributed by atoms with van der Waals surface area (Å²) >= 11 is 0. The van der Waals surface area contributed by atoms with Gasteiger partial charge in [-0.15, -0.1) is 0 Å². The van der Waals surface area contributed by atoms with Crippen molar-refractivity contribution in [3.8, 4) is 5.75 Å². The molecule has 0 saturated heterocycles. The van der Waals surface area contributed by atoms with Gasteiger partial charge in [-0.3, -0.25) is 4.68 Å². The maximum absolute atomic E-state index is 5.69. The van der Waals surface area contributed by atoms with E-state index in [9.17, 15) is 0 Å². The Kier molecular flexibility index (Phi) is 5.12. The molecule has 1 heterocycles. The lowest BCUT2D eigenvalue weighted by Crippen LogP contribution is -2.18. The minimum absolute atomic E-state index is 0.432. The fourth-order valence-electron chi connectivity index (χ4n) is 1.81. The average molecular weight is 274 g/mol. The first-order valence-electron chi connectivity index (χ1n) is 6.90. The Labute approximate surface area is 120 Å². The van der Waals surface area contributed by atoms with E-state index in [2.05, 4.69) is 41.4 Å². The molecule has 5 heteroatoms. The third-order valence-electron chi connectivity index (χ3n) is 2.98. The van der Waals surface area contributed by atoms with Crippen LogP contribution in [0.25, 0.3) is 0 Å². The summed E-state index contributed by atoms with van der Waals surface area (Å²) < 4.78 is 7.40. The third kappa shape index (κ3) is 4.35. The Bertz CT molecular complexity index is 519. The van der Waals surface area contributed by atoms with E-state index in [0.29, 0.717) is 12.5 Å². The van der Waals surface area contributed by atoms with Gasteiger partial charge in [0.05, 0.1) is 0 Å². The SMILES string of the molecule is CC(C)CNCc1ccc(OCc2ncnn2C)cc1. The highest BCUT2D eigenvalue weighted by atomic mass is 16.5. The Morgan fingerprint density at radius 1 is 1.25 bits per heavy atom. The topological polar surface area (TPSA) is 52.0 Å². The van der Waals surface area contributed by atoms with E-state index >= 15 is 0 Å². The summed E-state index contributed by atoms with van der Waals surface area (Å²) in [4.78, 5) is 4.12. The van der Waals surface area contributed by atoms with Crippen LogP contribution in [0.5, 0.6) is 5.75 Å². The molecule has 108 valence electrons. The highest BCUT2D eigenvalue weighted by Gasteiger charge is 2.02.